The highest BCUT2D eigenvalue weighted by molar-refractivity contribution is 7.91. The van der Waals surface area contributed by atoms with Gasteiger partial charge in [0.2, 0.25) is 5.91 Å². The average Bonchev–Trinajstić information content (AvgIpc) is 3.35. The molecule has 1 aromatic heterocycles. The number of allylic oxidation sites excluding steroid dienone is 2. The van der Waals surface area contributed by atoms with Gasteiger partial charge in [0.1, 0.15) is 0 Å². The summed E-state index contributed by atoms with van der Waals surface area (Å²) in [5, 5.41) is 15.0. The van der Waals surface area contributed by atoms with Crippen LogP contribution in [0.3, 0.4) is 0 Å². The maximum absolute atomic E-state index is 13.6. The third kappa shape index (κ3) is 7.00. The largest absolute Gasteiger partial charge is 0.390 e. The summed E-state index contributed by atoms with van der Waals surface area (Å²) in [5.41, 5.74) is 1.46. The van der Waals surface area contributed by atoms with Gasteiger partial charge in [0.15, 0.2) is 4.21 Å². The Balaban J connectivity index is 1.53. The molecule has 1 heterocycles. The molecule has 1 aromatic carbocycles. The monoisotopic (exact) mass is 517 g/mol. The number of nitrogens with zero attached hydrogens (tertiary/aromatic N) is 2. The zero-order chi connectivity index (χ0) is 25.0. The van der Waals surface area contributed by atoms with Crippen LogP contribution in [-0.4, -0.2) is 54.0 Å². The molecule has 9 heteroatoms. The zero-order valence-electron chi connectivity index (χ0n) is 20.4. The van der Waals surface area contributed by atoms with Crippen molar-refractivity contribution in [3.05, 3.63) is 58.7 Å². The SMILES string of the molecule is Cc1nc(C)c(S(=O)(=O)N(CC2CC2)C[C@@H](O)[C@H](Cc2ccccc2)NC(=O)C[C@H]2C=CCC2)s1. The molecule has 190 valence electrons. The third-order valence-corrected chi connectivity index (χ3v) is 10.1. The number of amides is 1. The van der Waals surface area contributed by atoms with E-state index in [0.29, 0.717) is 36.0 Å². The normalized spacial score (nSPS) is 19.7. The van der Waals surface area contributed by atoms with Gasteiger partial charge in [0, 0.05) is 19.5 Å². The number of nitrogens with one attached hydrogen (secondary N) is 1. The van der Waals surface area contributed by atoms with Gasteiger partial charge in [0.25, 0.3) is 10.0 Å². The van der Waals surface area contributed by atoms with Crippen LogP contribution in [0.5, 0.6) is 0 Å². The second-order valence-corrected chi connectivity index (χ2v) is 13.1. The zero-order valence-corrected chi connectivity index (χ0v) is 22.0. The molecule has 7 nitrogen and oxygen atoms in total. The Morgan fingerprint density at radius 1 is 1.23 bits per heavy atom. The summed E-state index contributed by atoms with van der Waals surface area (Å²) >= 11 is 1.17. The van der Waals surface area contributed by atoms with Crippen molar-refractivity contribution in [2.24, 2.45) is 11.8 Å². The van der Waals surface area contributed by atoms with Crippen LogP contribution in [-0.2, 0) is 21.2 Å². The van der Waals surface area contributed by atoms with Gasteiger partial charge in [-0.2, -0.15) is 4.31 Å². The summed E-state index contributed by atoms with van der Waals surface area (Å²) < 4.78 is 28.8. The summed E-state index contributed by atoms with van der Waals surface area (Å²) in [5.74, 6) is 0.406. The lowest BCUT2D eigenvalue weighted by Gasteiger charge is -2.30. The lowest BCUT2D eigenvalue weighted by Crippen LogP contribution is -2.51. The molecule has 3 atom stereocenters. The molecular weight excluding hydrogens is 482 g/mol. The molecule has 0 radical (unpaired) electrons. The quantitative estimate of drug-likeness (QED) is 0.419. The molecule has 35 heavy (non-hydrogen) atoms. The van der Waals surface area contributed by atoms with Gasteiger partial charge in [-0.3, -0.25) is 4.79 Å². The molecule has 2 aliphatic rings. The molecule has 1 fully saturated rings. The molecular formula is C26H35N3O4S2. The topological polar surface area (TPSA) is 99.6 Å². The van der Waals surface area contributed by atoms with Crippen molar-refractivity contribution in [2.45, 2.75) is 68.7 Å². The molecule has 2 N–H and O–H groups in total. The van der Waals surface area contributed by atoms with Crippen LogP contribution in [0.4, 0.5) is 0 Å². The minimum Gasteiger partial charge on any atom is -0.390 e. The molecule has 0 unspecified atom stereocenters. The van der Waals surface area contributed by atoms with Crippen molar-refractivity contribution in [2.75, 3.05) is 13.1 Å². The number of carbonyl (C=O) groups is 1. The van der Waals surface area contributed by atoms with Crippen LogP contribution >= 0.6 is 11.3 Å². The Morgan fingerprint density at radius 2 is 1.97 bits per heavy atom. The van der Waals surface area contributed by atoms with Crippen molar-refractivity contribution < 1.29 is 18.3 Å². The fourth-order valence-corrected chi connectivity index (χ4v) is 7.74. The summed E-state index contributed by atoms with van der Waals surface area (Å²) in [6.45, 7) is 3.80. The minimum atomic E-state index is -3.81. The van der Waals surface area contributed by atoms with Gasteiger partial charge in [-0.05, 0) is 63.4 Å². The van der Waals surface area contributed by atoms with E-state index in [9.17, 15) is 18.3 Å². The summed E-state index contributed by atoms with van der Waals surface area (Å²) in [7, 11) is -3.81. The molecule has 2 aliphatic carbocycles. The first kappa shape index (κ1) is 26.0. The van der Waals surface area contributed by atoms with Gasteiger partial charge < -0.3 is 10.4 Å². The van der Waals surface area contributed by atoms with Crippen LogP contribution in [0.15, 0.2) is 46.7 Å². The fourth-order valence-electron chi connectivity index (χ4n) is 4.58. The van der Waals surface area contributed by atoms with Crippen molar-refractivity contribution in [3.8, 4) is 0 Å². The lowest BCUT2D eigenvalue weighted by atomic mass is 9.99. The predicted molar refractivity (Wildman–Crippen MR) is 138 cm³/mol. The van der Waals surface area contributed by atoms with E-state index in [4.69, 9.17) is 0 Å². The van der Waals surface area contributed by atoms with E-state index in [1.54, 1.807) is 13.8 Å². The Hall–Kier alpha value is -2.07. The van der Waals surface area contributed by atoms with Crippen molar-refractivity contribution in [3.63, 3.8) is 0 Å². The summed E-state index contributed by atoms with van der Waals surface area (Å²) in [6, 6.07) is 9.06. The van der Waals surface area contributed by atoms with E-state index >= 15 is 0 Å². The fraction of sp³-hybridized carbons (Fsp3) is 0.538. The number of benzene rings is 1. The molecule has 4 rings (SSSR count). The van der Waals surface area contributed by atoms with Crippen molar-refractivity contribution in [1.82, 2.24) is 14.6 Å². The first-order valence-electron chi connectivity index (χ1n) is 12.3. The summed E-state index contributed by atoms with van der Waals surface area (Å²) in [4.78, 5) is 17.1. The van der Waals surface area contributed by atoms with Crippen LogP contribution in [0.1, 0.15) is 48.4 Å². The molecule has 1 saturated carbocycles. The number of hydrogen-bond acceptors (Lipinski definition) is 6. The predicted octanol–water partition coefficient (Wildman–Crippen LogP) is 3.61. The number of rotatable bonds is 12. The number of thiazole rings is 1. The lowest BCUT2D eigenvalue weighted by molar-refractivity contribution is -0.123. The highest BCUT2D eigenvalue weighted by Crippen LogP contribution is 2.34. The van der Waals surface area contributed by atoms with E-state index in [0.717, 1.165) is 31.2 Å². The van der Waals surface area contributed by atoms with Crippen molar-refractivity contribution >= 4 is 27.3 Å². The van der Waals surface area contributed by atoms with Crippen LogP contribution < -0.4 is 5.32 Å². The minimum absolute atomic E-state index is 0.0731. The number of carbonyl (C=O) groups excluding carboxylic acids is 1. The number of aromatic nitrogens is 1. The highest BCUT2D eigenvalue weighted by atomic mass is 32.2. The smallest absolute Gasteiger partial charge is 0.254 e. The number of aliphatic hydroxyl groups excluding tert-OH is 1. The highest BCUT2D eigenvalue weighted by Gasteiger charge is 2.37. The van der Waals surface area contributed by atoms with Gasteiger partial charge in [-0.25, -0.2) is 13.4 Å². The van der Waals surface area contributed by atoms with Crippen LogP contribution in [0.25, 0.3) is 0 Å². The second-order valence-electron chi connectivity index (χ2n) is 9.77. The molecule has 0 aliphatic heterocycles. The van der Waals surface area contributed by atoms with E-state index in [2.05, 4.69) is 22.5 Å². The van der Waals surface area contributed by atoms with E-state index in [1.807, 2.05) is 30.3 Å². The molecule has 0 bridgehead atoms. The van der Waals surface area contributed by atoms with Gasteiger partial charge in [0.05, 0.1) is 22.8 Å². The maximum atomic E-state index is 13.6. The third-order valence-electron chi connectivity index (χ3n) is 6.65. The Bertz CT molecular complexity index is 1140. The maximum Gasteiger partial charge on any atom is 0.254 e. The van der Waals surface area contributed by atoms with Crippen molar-refractivity contribution in [1.29, 1.82) is 0 Å². The molecule has 1 amide bonds. The number of hydrogen-bond donors (Lipinski definition) is 2. The van der Waals surface area contributed by atoms with Gasteiger partial charge in [-0.15, -0.1) is 11.3 Å². The average molecular weight is 518 g/mol. The number of aliphatic hydroxyl groups is 1. The van der Waals surface area contributed by atoms with Gasteiger partial charge in [-0.1, -0.05) is 42.5 Å². The second kappa shape index (κ2) is 11.3. The van der Waals surface area contributed by atoms with E-state index in [1.165, 1.54) is 15.6 Å². The standard InChI is InChI=1S/C26H35N3O4S2/c1-18-26(34-19(2)27-18)35(32,33)29(16-22-12-13-22)17-24(30)23(14-20-8-4-3-5-9-20)28-25(31)15-21-10-6-7-11-21/h3-6,8-10,21-24,30H,7,11-17H2,1-2H3,(H,28,31)/t21-,23-,24+/m0/s1. The van der Waals surface area contributed by atoms with Gasteiger partial charge >= 0.3 is 0 Å². The Labute approximate surface area is 212 Å². The van der Waals surface area contributed by atoms with Crippen LogP contribution in [0.2, 0.25) is 0 Å². The first-order chi connectivity index (χ1) is 16.7. The molecule has 0 saturated heterocycles. The number of aryl methyl sites for hydroxylation is 2. The Kier molecular flexibility index (Phi) is 8.42. The van der Waals surface area contributed by atoms with E-state index < -0.39 is 22.2 Å². The van der Waals surface area contributed by atoms with Crippen LogP contribution in [0, 0.1) is 25.7 Å². The number of sulfonamides is 1. The summed E-state index contributed by atoms with van der Waals surface area (Å²) in [6.07, 6.45) is 7.83. The molecule has 2 aromatic rings. The molecule has 0 spiro atoms. The Morgan fingerprint density at radius 3 is 2.57 bits per heavy atom. The first-order valence-corrected chi connectivity index (χ1v) is 14.6. The van der Waals surface area contributed by atoms with E-state index in [-0.39, 0.29) is 22.6 Å².